The van der Waals surface area contributed by atoms with Crippen LogP contribution in [0.5, 0.6) is 0 Å². The van der Waals surface area contributed by atoms with E-state index >= 15 is 0 Å². The summed E-state index contributed by atoms with van der Waals surface area (Å²) in [6.07, 6.45) is 0.754. The molecule has 0 aromatic carbocycles. The summed E-state index contributed by atoms with van der Waals surface area (Å²) in [7, 11) is 0. The van der Waals surface area contributed by atoms with Crippen molar-refractivity contribution in [2.24, 2.45) is 0 Å². The van der Waals surface area contributed by atoms with Crippen molar-refractivity contribution in [2.45, 2.75) is 19.9 Å². The number of ether oxygens (including phenoxy) is 1. The molecule has 1 fully saturated rings. The quantitative estimate of drug-likeness (QED) is 0.805. The van der Waals surface area contributed by atoms with Crippen LogP contribution in [-0.2, 0) is 11.3 Å². The lowest BCUT2D eigenvalue weighted by molar-refractivity contribution is 0.0368. The summed E-state index contributed by atoms with van der Waals surface area (Å²) < 4.78 is 6.47. The molecule has 2 heterocycles. The molecule has 0 saturated carbocycles. The van der Waals surface area contributed by atoms with Crippen molar-refractivity contribution in [1.29, 1.82) is 0 Å². The zero-order valence-corrected chi connectivity index (χ0v) is 11.7. The van der Waals surface area contributed by atoms with Gasteiger partial charge in [0.1, 0.15) is 5.15 Å². The van der Waals surface area contributed by atoms with E-state index in [2.05, 4.69) is 9.88 Å². The highest BCUT2D eigenvalue weighted by atomic mass is 35.5. The van der Waals surface area contributed by atoms with Gasteiger partial charge in [0.25, 0.3) is 5.56 Å². The molecule has 1 aromatic rings. The number of aromatic nitrogens is 2. The van der Waals surface area contributed by atoms with Crippen LogP contribution in [0.3, 0.4) is 0 Å². The van der Waals surface area contributed by atoms with Crippen LogP contribution in [0.15, 0.2) is 9.59 Å². The summed E-state index contributed by atoms with van der Waals surface area (Å²) in [5, 5.41) is 0.124. The number of halogens is 1. The molecule has 0 bridgehead atoms. The molecule has 1 aromatic heterocycles. The van der Waals surface area contributed by atoms with Gasteiger partial charge in [-0.05, 0) is 13.3 Å². The number of hydrogen-bond donors (Lipinski definition) is 1. The number of aromatic amines is 1. The molecular weight excluding hydrogens is 270 g/mol. The van der Waals surface area contributed by atoms with Gasteiger partial charge in [-0.15, -0.1) is 0 Å². The first-order chi connectivity index (χ1) is 9.09. The maximum Gasteiger partial charge on any atom is 0.329 e. The predicted molar refractivity (Wildman–Crippen MR) is 72.9 cm³/mol. The Morgan fingerprint density at radius 3 is 2.63 bits per heavy atom. The largest absolute Gasteiger partial charge is 0.379 e. The topological polar surface area (TPSA) is 67.3 Å². The maximum absolute atomic E-state index is 11.9. The number of nitrogens with one attached hydrogen (secondary N) is 1. The minimum Gasteiger partial charge on any atom is -0.379 e. The lowest BCUT2D eigenvalue weighted by atomic mass is 10.3. The molecule has 106 valence electrons. The Morgan fingerprint density at radius 2 is 1.95 bits per heavy atom. The van der Waals surface area contributed by atoms with Gasteiger partial charge < -0.3 is 4.74 Å². The van der Waals surface area contributed by atoms with E-state index in [1.165, 1.54) is 4.57 Å². The van der Waals surface area contributed by atoms with E-state index in [-0.39, 0.29) is 10.7 Å². The van der Waals surface area contributed by atoms with Crippen LogP contribution in [0.2, 0.25) is 5.15 Å². The molecule has 1 N–H and O–H groups in total. The Balaban J connectivity index is 1.98. The fourth-order valence-electron chi connectivity index (χ4n) is 2.12. The van der Waals surface area contributed by atoms with Crippen LogP contribution in [0.25, 0.3) is 0 Å². The van der Waals surface area contributed by atoms with E-state index < -0.39 is 5.69 Å². The first-order valence-corrected chi connectivity index (χ1v) is 6.76. The molecule has 2 rings (SSSR count). The lowest BCUT2D eigenvalue weighted by Gasteiger charge is -2.26. The third-order valence-corrected chi connectivity index (χ3v) is 3.69. The number of H-pyrrole nitrogens is 1. The second-order valence-electron chi connectivity index (χ2n) is 4.63. The standard InChI is InChI=1S/C12H18ClN3O3/c1-9-10(13)14-12(18)16(11(9)17)4-2-3-15-5-7-19-8-6-15/h2-8H2,1H3,(H,14,18). The molecule has 0 radical (unpaired) electrons. The lowest BCUT2D eigenvalue weighted by Crippen LogP contribution is -2.39. The molecule has 0 amide bonds. The van der Waals surface area contributed by atoms with Crippen LogP contribution in [0.1, 0.15) is 12.0 Å². The Kier molecular flexibility index (Phi) is 4.79. The van der Waals surface area contributed by atoms with Crippen molar-refractivity contribution in [3.8, 4) is 0 Å². The fraction of sp³-hybridized carbons (Fsp3) is 0.667. The molecule has 6 nitrogen and oxygen atoms in total. The predicted octanol–water partition coefficient (Wildman–Crippen LogP) is 0.221. The molecular formula is C12H18ClN3O3. The molecule has 1 aliphatic heterocycles. The van der Waals surface area contributed by atoms with E-state index in [1.54, 1.807) is 6.92 Å². The molecule has 0 unspecified atom stereocenters. The molecule has 1 saturated heterocycles. The number of morpholine rings is 1. The zero-order chi connectivity index (χ0) is 13.8. The summed E-state index contributed by atoms with van der Waals surface area (Å²) in [6.45, 7) is 6.19. The summed E-state index contributed by atoms with van der Waals surface area (Å²) >= 11 is 5.76. The monoisotopic (exact) mass is 287 g/mol. The van der Waals surface area contributed by atoms with Gasteiger partial charge in [0, 0.05) is 31.7 Å². The van der Waals surface area contributed by atoms with E-state index in [9.17, 15) is 9.59 Å². The molecule has 0 spiro atoms. The number of nitrogens with zero attached hydrogens (tertiary/aromatic N) is 2. The van der Waals surface area contributed by atoms with Gasteiger partial charge in [0.2, 0.25) is 0 Å². The minimum atomic E-state index is -0.442. The van der Waals surface area contributed by atoms with Crippen LogP contribution >= 0.6 is 11.6 Å². The van der Waals surface area contributed by atoms with E-state index in [4.69, 9.17) is 16.3 Å². The first-order valence-electron chi connectivity index (χ1n) is 6.39. The number of rotatable bonds is 4. The van der Waals surface area contributed by atoms with Crippen molar-refractivity contribution >= 4 is 11.6 Å². The van der Waals surface area contributed by atoms with E-state index in [1.807, 2.05) is 0 Å². The Morgan fingerprint density at radius 1 is 1.26 bits per heavy atom. The van der Waals surface area contributed by atoms with Crippen molar-refractivity contribution in [2.75, 3.05) is 32.8 Å². The van der Waals surface area contributed by atoms with Crippen LogP contribution in [-0.4, -0.2) is 47.3 Å². The van der Waals surface area contributed by atoms with Gasteiger partial charge in [-0.25, -0.2) is 4.79 Å². The van der Waals surface area contributed by atoms with E-state index in [0.29, 0.717) is 12.1 Å². The smallest absolute Gasteiger partial charge is 0.329 e. The summed E-state index contributed by atoms with van der Waals surface area (Å²) in [5.41, 5.74) is -0.369. The van der Waals surface area contributed by atoms with Crippen LogP contribution in [0, 0.1) is 6.92 Å². The highest BCUT2D eigenvalue weighted by Crippen LogP contribution is 2.03. The van der Waals surface area contributed by atoms with Gasteiger partial charge >= 0.3 is 5.69 Å². The second-order valence-corrected chi connectivity index (χ2v) is 5.01. The van der Waals surface area contributed by atoms with Crippen LogP contribution < -0.4 is 11.2 Å². The molecule has 7 heteroatoms. The Labute approximate surface area is 115 Å². The van der Waals surface area contributed by atoms with Gasteiger partial charge in [0.15, 0.2) is 0 Å². The Bertz CT molecular complexity index is 546. The van der Waals surface area contributed by atoms with Gasteiger partial charge in [-0.1, -0.05) is 11.6 Å². The molecule has 0 aliphatic carbocycles. The normalized spacial score (nSPS) is 16.7. The van der Waals surface area contributed by atoms with E-state index in [0.717, 1.165) is 39.3 Å². The van der Waals surface area contributed by atoms with Gasteiger partial charge in [0.05, 0.1) is 13.2 Å². The summed E-state index contributed by atoms with van der Waals surface area (Å²) in [6, 6.07) is 0. The van der Waals surface area contributed by atoms with Gasteiger partial charge in [-0.2, -0.15) is 0 Å². The third kappa shape index (κ3) is 3.46. The molecule has 19 heavy (non-hydrogen) atoms. The summed E-state index contributed by atoms with van der Waals surface area (Å²) in [4.78, 5) is 28.3. The molecule has 0 atom stereocenters. The molecule has 1 aliphatic rings. The van der Waals surface area contributed by atoms with Crippen molar-refractivity contribution in [1.82, 2.24) is 14.5 Å². The van der Waals surface area contributed by atoms with Crippen molar-refractivity contribution in [3.63, 3.8) is 0 Å². The number of hydrogen-bond acceptors (Lipinski definition) is 4. The zero-order valence-electron chi connectivity index (χ0n) is 10.9. The average Bonchev–Trinajstić information content (AvgIpc) is 2.41. The average molecular weight is 288 g/mol. The summed E-state index contributed by atoms with van der Waals surface area (Å²) in [5.74, 6) is 0. The minimum absolute atomic E-state index is 0.124. The second kappa shape index (κ2) is 6.36. The Hall–Kier alpha value is -1.11. The SMILES string of the molecule is Cc1c(Cl)[nH]c(=O)n(CCCN2CCOCC2)c1=O. The highest BCUT2D eigenvalue weighted by Gasteiger charge is 2.11. The van der Waals surface area contributed by atoms with Crippen molar-refractivity contribution in [3.05, 3.63) is 31.6 Å². The maximum atomic E-state index is 11.9. The van der Waals surface area contributed by atoms with Crippen molar-refractivity contribution < 1.29 is 4.74 Å². The van der Waals surface area contributed by atoms with Crippen LogP contribution in [0.4, 0.5) is 0 Å². The first kappa shape index (κ1) is 14.3. The highest BCUT2D eigenvalue weighted by molar-refractivity contribution is 6.30. The van der Waals surface area contributed by atoms with Gasteiger partial charge in [-0.3, -0.25) is 19.2 Å². The third-order valence-electron chi connectivity index (χ3n) is 3.32. The fourth-order valence-corrected chi connectivity index (χ4v) is 2.29.